The monoisotopic (exact) mass is 324 g/mol. The van der Waals surface area contributed by atoms with Crippen LogP contribution in [0.1, 0.15) is 24.8 Å². The van der Waals surface area contributed by atoms with Crippen molar-refractivity contribution in [3.05, 3.63) is 28.5 Å². The summed E-state index contributed by atoms with van der Waals surface area (Å²) in [6, 6.07) is 5.89. The van der Waals surface area contributed by atoms with E-state index in [0.29, 0.717) is 12.8 Å². The van der Waals surface area contributed by atoms with E-state index in [0.717, 1.165) is 21.3 Å². The number of hydrogen-bond donors (Lipinski definition) is 1. The van der Waals surface area contributed by atoms with Crippen LogP contribution in [-0.2, 0) is 16.6 Å². The minimum Gasteiger partial charge on any atom is -0.479 e. The fourth-order valence-electron chi connectivity index (χ4n) is 2.49. The van der Waals surface area contributed by atoms with E-state index in [2.05, 4.69) is 20.9 Å². The summed E-state index contributed by atoms with van der Waals surface area (Å²) in [6.07, 6.45) is 0.274. The molecule has 19 heavy (non-hydrogen) atoms. The molecule has 3 rings (SSSR count). The Morgan fingerprint density at radius 1 is 1.53 bits per heavy atom. The third kappa shape index (κ3) is 2.15. The Bertz CT molecular complexity index is 653. The van der Waals surface area contributed by atoms with Gasteiger partial charge in [-0.05, 0) is 31.0 Å². The van der Waals surface area contributed by atoms with E-state index in [4.69, 9.17) is 9.84 Å². The summed E-state index contributed by atoms with van der Waals surface area (Å²) in [5.41, 5.74) is 1.90. The van der Waals surface area contributed by atoms with Gasteiger partial charge < -0.3 is 14.4 Å². The minimum absolute atomic E-state index is 0.239. The van der Waals surface area contributed by atoms with Crippen molar-refractivity contribution in [2.24, 2.45) is 7.05 Å². The summed E-state index contributed by atoms with van der Waals surface area (Å²) in [6.45, 7) is 0. The Labute approximate surface area is 118 Å². The van der Waals surface area contributed by atoms with Crippen LogP contribution in [0.15, 0.2) is 22.7 Å². The van der Waals surface area contributed by atoms with Gasteiger partial charge in [-0.1, -0.05) is 15.9 Å². The van der Waals surface area contributed by atoms with E-state index >= 15 is 0 Å². The zero-order valence-corrected chi connectivity index (χ0v) is 11.9. The van der Waals surface area contributed by atoms with Crippen LogP contribution in [-0.4, -0.2) is 26.7 Å². The lowest BCUT2D eigenvalue weighted by molar-refractivity contribution is -0.149. The Balaban J connectivity index is 1.97. The molecule has 1 aromatic carbocycles. The number of aryl methyl sites for hydroxylation is 1. The lowest BCUT2D eigenvalue weighted by Gasteiger charge is -2.10. The van der Waals surface area contributed by atoms with E-state index in [-0.39, 0.29) is 6.10 Å². The molecule has 1 aliphatic heterocycles. The molecule has 0 saturated carbocycles. The number of halogens is 1. The maximum atomic E-state index is 10.9. The highest BCUT2D eigenvalue weighted by Crippen LogP contribution is 2.34. The molecule has 1 saturated heterocycles. The predicted octanol–water partition coefficient (Wildman–Crippen LogP) is 2.64. The second kappa shape index (κ2) is 4.61. The van der Waals surface area contributed by atoms with Gasteiger partial charge >= 0.3 is 5.97 Å². The summed E-state index contributed by atoms with van der Waals surface area (Å²) < 4.78 is 8.50. The average Bonchev–Trinajstić information content (AvgIpc) is 2.94. The van der Waals surface area contributed by atoms with Gasteiger partial charge in [-0.2, -0.15) is 0 Å². The molecule has 2 heterocycles. The van der Waals surface area contributed by atoms with Crippen molar-refractivity contribution in [3.8, 4) is 0 Å². The maximum Gasteiger partial charge on any atom is 0.332 e. The lowest BCUT2D eigenvalue weighted by atomic mass is 10.2. The average molecular weight is 325 g/mol. The summed E-state index contributed by atoms with van der Waals surface area (Å²) >= 11 is 3.42. The second-order valence-electron chi connectivity index (χ2n) is 4.69. The molecule has 0 amide bonds. The summed E-state index contributed by atoms with van der Waals surface area (Å²) in [5, 5.41) is 8.97. The molecule has 5 nitrogen and oxygen atoms in total. The summed E-state index contributed by atoms with van der Waals surface area (Å²) in [4.78, 5) is 15.5. The van der Waals surface area contributed by atoms with Crippen molar-refractivity contribution in [1.29, 1.82) is 0 Å². The maximum absolute atomic E-state index is 10.9. The number of fused-ring (bicyclic) bond motifs is 1. The fourth-order valence-corrected chi connectivity index (χ4v) is 2.84. The summed E-state index contributed by atoms with van der Waals surface area (Å²) in [7, 11) is 1.93. The van der Waals surface area contributed by atoms with Gasteiger partial charge in [0, 0.05) is 11.5 Å². The van der Waals surface area contributed by atoms with Crippen molar-refractivity contribution in [1.82, 2.24) is 9.55 Å². The molecule has 2 aromatic rings. The van der Waals surface area contributed by atoms with Gasteiger partial charge in [0.05, 0.1) is 11.0 Å². The van der Waals surface area contributed by atoms with Crippen LogP contribution in [0.5, 0.6) is 0 Å². The Kier molecular flexibility index (Phi) is 3.06. The lowest BCUT2D eigenvalue weighted by Crippen LogP contribution is -2.19. The van der Waals surface area contributed by atoms with Gasteiger partial charge in [0.25, 0.3) is 0 Å². The van der Waals surface area contributed by atoms with Gasteiger partial charge in [-0.15, -0.1) is 0 Å². The number of rotatable bonds is 2. The molecule has 0 bridgehead atoms. The summed E-state index contributed by atoms with van der Waals surface area (Å²) in [5.74, 6) is -0.110. The van der Waals surface area contributed by atoms with Crippen molar-refractivity contribution in [2.75, 3.05) is 0 Å². The van der Waals surface area contributed by atoms with Gasteiger partial charge in [-0.3, -0.25) is 0 Å². The van der Waals surface area contributed by atoms with Crippen LogP contribution in [0.3, 0.4) is 0 Å². The van der Waals surface area contributed by atoms with Gasteiger partial charge in [0.15, 0.2) is 6.10 Å². The first-order valence-electron chi connectivity index (χ1n) is 6.06. The van der Waals surface area contributed by atoms with Crippen molar-refractivity contribution < 1.29 is 14.6 Å². The molecule has 6 heteroatoms. The molecule has 0 radical (unpaired) electrons. The van der Waals surface area contributed by atoms with Gasteiger partial charge in [-0.25, -0.2) is 9.78 Å². The smallest absolute Gasteiger partial charge is 0.332 e. The van der Waals surface area contributed by atoms with E-state index in [1.165, 1.54) is 0 Å². The number of aliphatic carboxylic acids is 1. The highest BCUT2D eigenvalue weighted by molar-refractivity contribution is 9.10. The Hall–Kier alpha value is -1.40. The first-order chi connectivity index (χ1) is 9.06. The van der Waals surface area contributed by atoms with Gasteiger partial charge in [0.2, 0.25) is 0 Å². The third-order valence-corrected chi connectivity index (χ3v) is 3.95. The van der Waals surface area contributed by atoms with Crippen LogP contribution in [0.25, 0.3) is 11.0 Å². The number of nitrogens with zero attached hydrogens (tertiary/aromatic N) is 2. The van der Waals surface area contributed by atoms with Crippen LogP contribution < -0.4 is 0 Å². The topological polar surface area (TPSA) is 64.4 Å². The van der Waals surface area contributed by atoms with Crippen LogP contribution in [0.4, 0.5) is 0 Å². The molecule has 2 unspecified atom stereocenters. The number of ether oxygens (including phenoxy) is 1. The normalized spacial score (nSPS) is 23.1. The van der Waals surface area contributed by atoms with E-state index in [1.54, 1.807) is 0 Å². The first kappa shape index (κ1) is 12.6. The predicted molar refractivity (Wildman–Crippen MR) is 72.9 cm³/mol. The molecule has 1 fully saturated rings. The molecule has 0 aliphatic carbocycles. The zero-order chi connectivity index (χ0) is 13.6. The third-order valence-electron chi connectivity index (χ3n) is 3.46. The minimum atomic E-state index is -0.899. The van der Waals surface area contributed by atoms with Crippen molar-refractivity contribution in [2.45, 2.75) is 25.0 Å². The SMILES string of the molecule is Cn1c(C2CCC(C(=O)O)O2)nc2cc(Br)ccc21. The molecular formula is C13H13BrN2O3. The zero-order valence-electron chi connectivity index (χ0n) is 10.3. The molecule has 2 atom stereocenters. The standard InChI is InChI=1S/C13H13BrN2O3/c1-16-9-3-2-7(14)6-8(9)15-12(16)10-4-5-11(19-10)13(17)18/h2-3,6,10-11H,4-5H2,1H3,(H,17,18). The largest absolute Gasteiger partial charge is 0.479 e. The Morgan fingerprint density at radius 2 is 2.32 bits per heavy atom. The van der Waals surface area contributed by atoms with Crippen LogP contribution in [0, 0.1) is 0 Å². The number of carboxylic acids is 1. The van der Waals surface area contributed by atoms with E-state index in [9.17, 15) is 4.79 Å². The van der Waals surface area contributed by atoms with Crippen LogP contribution >= 0.6 is 15.9 Å². The second-order valence-corrected chi connectivity index (χ2v) is 5.61. The molecule has 1 aliphatic rings. The highest BCUT2D eigenvalue weighted by Gasteiger charge is 2.33. The van der Waals surface area contributed by atoms with E-state index in [1.807, 2.05) is 29.8 Å². The number of aromatic nitrogens is 2. The Morgan fingerprint density at radius 3 is 3.00 bits per heavy atom. The van der Waals surface area contributed by atoms with E-state index < -0.39 is 12.1 Å². The number of hydrogen-bond acceptors (Lipinski definition) is 3. The first-order valence-corrected chi connectivity index (χ1v) is 6.85. The fraction of sp³-hybridized carbons (Fsp3) is 0.385. The van der Waals surface area contributed by atoms with Crippen molar-refractivity contribution >= 4 is 32.9 Å². The molecule has 1 N–H and O–H groups in total. The number of carbonyl (C=O) groups is 1. The quantitative estimate of drug-likeness (QED) is 0.922. The van der Waals surface area contributed by atoms with Gasteiger partial charge in [0.1, 0.15) is 11.9 Å². The molecule has 100 valence electrons. The van der Waals surface area contributed by atoms with Crippen molar-refractivity contribution in [3.63, 3.8) is 0 Å². The molecule has 0 spiro atoms. The number of carboxylic acid groups (broad SMARTS) is 1. The van der Waals surface area contributed by atoms with Crippen LogP contribution in [0.2, 0.25) is 0 Å². The number of imidazole rings is 1. The number of benzene rings is 1. The molecular weight excluding hydrogens is 312 g/mol. The molecule has 1 aromatic heterocycles. The highest BCUT2D eigenvalue weighted by atomic mass is 79.9.